The van der Waals surface area contributed by atoms with E-state index in [1.165, 1.54) is 0 Å². The minimum atomic E-state index is 0.241. The van der Waals surface area contributed by atoms with E-state index in [0.29, 0.717) is 18.4 Å². The van der Waals surface area contributed by atoms with Crippen molar-refractivity contribution in [3.8, 4) is 0 Å². The van der Waals surface area contributed by atoms with E-state index in [1.807, 2.05) is 4.90 Å². The van der Waals surface area contributed by atoms with Gasteiger partial charge in [0.1, 0.15) is 0 Å². The van der Waals surface area contributed by atoms with E-state index in [0.717, 1.165) is 45.3 Å². The summed E-state index contributed by atoms with van der Waals surface area (Å²) >= 11 is 0. The highest BCUT2D eigenvalue weighted by atomic mass is 16.3. The molecule has 18 heavy (non-hydrogen) atoms. The third-order valence-electron chi connectivity index (χ3n) is 3.53. The van der Waals surface area contributed by atoms with E-state index >= 15 is 0 Å². The van der Waals surface area contributed by atoms with Crippen molar-refractivity contribution in [3.05, 3.63) is 0 Å². The number of nitrogens with zero attached hydrogens (tertiary/aromatic N) is 1. The van der Waals surface area contributed by atoms with Crippen LogP contribution in [0, 0.1) is 5.92 Å². The van der Waals surface area contributed by atoms with Crippen molar-refractivity contribution in [1.29, 1.82) is 0 Å². The molecule has 0 aromatic carbocycles. The summed E-state index contributed by atoms with van der Waals surface area (Å²) in [6, 6.07) is 0.490. The first-order chi connectivity index (χ1) is 8.63. The van der Waals surface area contributed by atoms with Gasteiger partial charge in [-0.05, 0) is 38.1 Å². The zero-order valence-electron chi connectivity index (χ0n) is 11.8. The molecule has 0 aromatic heterocycles. The molecule has 1 atom stereocenters. The largest absolute Gasteiger partial charge is 0.396 e. The average molecular weight is 256 g/mol. The van der Waals surface area contributed by atoms with Gasteiger partial charge in [0.25, 0.3) is 0 Å². The molecule has 1 heterocycles. The van der Waals surface area contributed by atoms with Crippen LogP contribution in [0.2, 0.25) is 0 Å². The van der Waals surface area contributed by atoms with Crippen molar-refractivity contribution in [2.45, 2.75) is 52.0 Å². The number of likely N-dealkylation sites (tertiary alicyclic amines) is 1. The fourth-order valence-corrected chi connectivity index (χ4v) is 2.50. The number of piperidine rings is 1. The second kappa shape index (κ2) is 8.48. The van der Waals surface area contributed by atoms with Crippen LogP contribution < -0.4 is 5.32 Å². The Morgan fingerprint density at radius 3 is 2.94 bits per heavy atom. The Bertz CT molecular complexity index is 242. The van der Waals surface area contributed by atoms with Crippen LogP contribution in [0.5, 0.6) is 0 Å². The van der Waals surface area contributed by atoms with Crippen molar-refractivity contribution < 1.29 is 9.90 Å². The van der Waals surface area contributed by atoms with Crippen LogP contribution in [-0.2, 0) is 4.79 Å². The zero-order valence-corrected chi connectivity index (χ0v) is 11.8. The van der Waals surface area contributed by atoms with Crippen LogP contribution in [0.1, 0.15) is 46.0 Å². The summed E-state index contributed by atoms with van der Waals surface area (Å²) in [4.78, 5) is 14.0. The second-order valence-electron chi connectivity index (χ2n) is 5.57. The molecule has 4 nitrogen and oxygen atoms in total. The number of aliphatic hydroxyl groups is 1. The van der Waals surface area contributed by atoms with Crippen molar-refractivity contribution in [1.82, 2.24) is 10.2 Å². The lowest BCUT2D eigenvalue weighted by Crippen LogP contribution is -2.40. The molecule has 1 rings (SSSR count). The van der Waals surface area contributed by atoms with Crippen LogP contribution in [0.3, 0.4) is 0 Å². The third-order valence-corrected chi connectivity index (χ3v) is 3.53. The molecule has 0 spiro atoms. The van der Waals surface area contributed by atoms with E-state index in [4.69, 9.17) is 5.11 Å². The lowest BCUT2D eigenvalue weighted by atomic mass is 9.95. The highest BCUT2D eigenvalue weighted by Crippen LogP contribution is 2.19. The highest BCUT2D eigenvalue weighted by Gasteiger charge is 2.22. The molecule has 1 aliphatic rings. The smallest absolute Gasteiger partial charge is 0.222 e. The molecule has 2 N–H and O–H groups in total. The summed E-state index contributed by atoms with van der Waals surface area (Å²) in [7, 11) is 0. The maximum absolute atomic E-state index is 12.0. The summed E-state index contributed by atoms with van der Waals surface area (Å²) < 4.78 is 0. The van der Waals surface area contributed by atoms with Crippen molar-refractivity contribution in [2.24, 2.45) is 5.92 Å². The molecule has 1 aliphatic heterocycles. The topological polar surface area (TPSA) is 52.6 Å². The molecule has 4 heteroatoms. The summed E-state index contributed by atoms with van der Waals surface area (Å²) in [5.41, 5.74) is 0. The molecule has 1 amide bonds. The first-order valence-electron chi connectivity index (χ1n) is 7.25. The highest BCUT2D eigenvalue weighted by molar-refractivity contribution is 5.76. The number of rotatable bonds is 7. The first-order valence-corrected chi connectivity index (χ1v) is 7.25. The summed E-state index contributed by atoms with van der Waals surface area (Å²) in [5.74, 6) is 0.782. The predicted octanol–water partition coefficient (Wildman–Crippen LogP) is 1.39. The summed E-state index contributed by atoms with van der Waals surface area (Å²) in [5, 5.41) is 12.3. The second-order valence-corrected chi connectivity index (χ2v) is 5.57. The molecule has 1 unspecified atom stereocenters. The molecule has 0 aliphatic carbocycles. The van der Waals surface area contributed by atoms with Crippen LogP contribution in [0.25, 0.3) is 0 Å². The number of hydrogen-bond donors (Lipinski definition) is 2. The van der Waals surface area contributed by atoms with Gasteiger partial charge in [-0.2, -0.15) is 0 Å². The SMILES string of the molecule is CC(C)NCCCC(=O)N1CCCC(CCO)C1. The average Bonchev–Trinajstić information content (AvgIpc) is 2.35. The van der Waals surface area contributed by atoms with Gasteiger partial charge in [0.2, 0.25) is 5.91 Å². The van der Waals surface area contributed by atoms with Gasteiger partial charge in [0.15, 0.2) is 0 Å². The fourth-order valence-electron chi connectivity index (χ4n) is 2.50. The molecule has 1 saturated heterocycles. The van der Waals surface area contributed by atoms with E-state index in [9.17, 15) is 4.79 Å². The number of amides is 1. The maximum Gasteiger partial charge on any atom is 0.222 e. The lowest BCUT2D eigenvalue weighted by molar-refractivity contribution is -0.133. The molecule has 1 fully saturated rings. The molecular weight excluding hydrogens is 228 g/mol. The minimum absolute atomic E-state index is 0.241. The standard InChI is InChI=1S/C14H28N2O2/c1-12(2)15-8-3-6-14(18)16-9-4-5-13(11-16)7-10-17/h12-13,15,17H,3-11H2,1-2H3. The van der Waals surface area contributed by atoms with E-state index in [-0.39, 0.29) is 12.5 Å². The molecule has 0 saturated carbocycles. The molecular formula is C14H28N2O2. The first kappa shape index (κ1) is 15.4. The van der Waals surface area contributed by atoms with Crippen molar-refractivity contribution in [2.75, 3.05) is 26.2 Å². The van der Waals surface area contributed by atoms with Gasteiger partial charge >= 0.3 is 0 Å². The Morgan fingerprint density at radius 1 is 1.50 bits per heavy atom. The Labute approximate surface area is 111 Å². The predicted molar refractivity (Wildman–Crippen MR) is 73.4 cm³/mol. The van der Waals surface area contributed by atoms with Crippen molar-refractivity contribution >= 4 is 5.91 Å². The van der Waals surface area contributed by atoms with E-state index < -0.39 is 0 Å². The van der Waals surface area contributed by atoms with Crippen molar-refractivity contribution in [3.63, 3.8) is 0 Å². The van der Waals surface area contributed by atoms with Gasteiger partial charge in [0.05, 0.1) is 0 Å². The van der Waals surface area contributed by atoms with E-state index in [2.05, 4.69) is 19.2 Å². The van der Waals surface area contributed by atoms with Crippen LogP contribution in [0.4, 0.5) is 0 Å². The number of carbonyl (C=O) groups is 1. The van der Waals surface area contributed by atoms with Crippen LogP contribution in [-0.4, -0.2) is 48.2 Å². The van der Waals surface area contributed by atoms with E-state index in [1.54, 1.807) is 0 Å². The summed E-state index contributed by atoms with van der Waals surface area (Å²) in [6.07, 6.45) is 4.63. The Hall–Kier alpha value is -0.610. The summed E-state index contributed by atoms with van der Waals surface area (Å²) in [6.45, 7) is 7.13. The fraction of sp³-hybridized carbons (Fsp3) is 0.929. The number of aliphatic hydroxyl groups excluding tert-OH is 1. The Balaban J connectivity index is 2.20. The quantitative estimate of drug-likeness (QED) is 0.677. The molecule has 106 valence electrons. The number of carbonyl (C=O) groups excluding carboxylic acids is 1. The van der Waals surface area contributed by atoms with Gasteiger partial charge in [0, 0.05) is 32.2 Å². The normalized spacial score (nSPS) is 20.4. The number of nitrogens with one attached hydrogen (secondary N) is 1. The maximum atomic E-state index is 12.0. The van der Waals surface area contributed by atoms with Gasteiger partial charge in [-0.3, -0.25) is 4.79 Å². The molecule has 0 radical (unpaired) electrons. The zero-order chi connectivity index (χ0) is 13.4. The third kappa shape index (κ3) is 5.83. The lowest BCUT2D eigenvalue weighted by Gasteiger charge is -2.32. The molecule has 0 bridgehead atoms. The Kier molecular flexibility index (Phi) is 7.28. The van der Waals surface area contributed by atoms with Gasteiger partial charge in [-0.25, -0.2) is 0 Å². The Morgan fingerprint density at radius 2 is 2.28 bits per heavy atom. The molecule has 0 aromatic rings. The van der Waals surface area contributed by atoms with Gasteiger partial charge in [-0.15, -0.1) is 0 Å². The van der Waals surface area contributed by atoms with Crippen LogP contribution >= 0.6 is 0 Å². The number of hydrogen-bond acceptors (Lipinski definition) is 3. The van der Waals surface area contributed by atoms with Crippen LogP contribution in [0.15, 0.2) is 0 Å². The monoisotopic (exact) mass is 256 g/mol. The van der Waals surface area contributed by atoms with Gasteiger partial charge < -0.3 is 15.3 Å². The minimum Gasteiger partial charge on any atom is -0.396 e. The van der Waals surface area contributed by atoms with Gasteiger partial charge in [-0.1, -0.05) is 13.8 Å².